The Morgan fingerprint density at radius 3 is 2.89 bits per heavy atom. The van der Waals surface area contributed by atoms with Gasteiger partial charge in [-0.2, -0.15) is 0 Å². The first-order valence-electron chi connectivity index (χ1n) is 9.84. The van der Waals surface area contributed by atoms with Crippen molar-refractivity contribution < 1.29 is 4.79 Å². The summed E-state index contributed by atoms with van der Waals surface area (Å²) in [6.45, 7) is 6.30. The fourth-order valence-corrected chi connectivity index (χ4v) is 3.97. The minimum absolute atomic E-state index is 0.101. The van der Waals surface area contributed by atoms with Crippen molar-refractivity contribution in [1.82, 2.24) is 33.8 Å². The quantitative estimate of drug-likeness (QED) is 0.680. The summed E-state index contributed by atoms with van der Waals surface area (Å²) in [6, 6.07) is 4.12. The number of nitrogens with zero attached hydrogens (tertiary/aromatic N) is 7. The van der Waals surface area contributed by atoms with Gasteiger partial charge in [0.05, 0.1) is 12.9 Å². The Hall–Kier alpha value is -2.90. The molecule has 0 aliphatic carbocycles. The molecule has 4 heterocycles. The van der Waals surface area contributed by atoms with Crippen LogP contribution < -0.4 is 0 Å². The van der Waals surface area contributed by atoms with Crippen LogP contribution in [0.15, 0.2) is 37.1 Å². The molecule has 1 fully saturated rings. The molecule has 3 aromatic heterocycles. The van der Waals surface area contributed by atoms with E-state index in [2.05, 4.69) is 33.6 Å². The lowest BCUT2D eigenvalue weighted by Gasteiger charge is -2.32. The largest absolute Gasteiger partial charge is 0.341 e. The maximum atomic E-state index is 13.1. The highest BCUT2D eigenvalue weighted by atomic mass is 16.2. The molecule has 28 heavy (non-hydrogen) atoms. The van der Waals surface area contributed by atoms with Crippen LogP contribution in [0.3, 0.4) is 0 Å². The lowest BCUT2D eigenvalue weighted by Crippen LogP contribution is -2.40. The molecule has 0 unspecified atom stereocenters. The van der Waals surface area contributed by atoms with E-state index in [1.165, 1.54) is 0 Å². The van der Waals surface area contributed by atoms with E-state index in [1.807, 2.05) is 45.6 Å². The number of rotatable bonds is 5. The van der Waals surface area contributed by atoms with Crippen molar-refractivity contribution in [2.45, 2.75) is 45.2 Å². The molecule has 0 N–H and O–H groups in total. The third-order valence-electron chi connectivity index (χ3n) is 5.51. The average molecular weight is 381 g/mol. The summed E-state index contributed by atoms with van der Waals surface area (Å²) >= 11 is 0. The molecule has 8 nitrogen and oxygen atoms in total. The number of piperidine rings is 1. The fraction of sp³-hybridized carbons (Fsp3) is 0.500. The molecular formula is C20H27N7O. The number of amides is 1. The normalized spacial score (nSPS) is 17.4. The summed E-state index contributed by atoms with van der Waals surface area (Å²) in [4.78, 5) is 19.2. The van der Waals surface area contributed by atoms with Gasteiger partial charge in [-0.1, -0.05) is 0 Å². The van der Waals surface area contributed by atoms with E-state index in [1.54, 1.807) is 12.5 Å². The molecule has 0 saturated carbocycles. The van der Waals surface area contributed by atoms with Gasteiger partial charge in [0.25, 0.3) is 5.91 Å². The molecule has 1 atom stereocenters. The van der Waals surface area contributed by atoms with E-state index >= 15 is 0 Å². The van der Waals surface area contributed by atoms with E-state index < -0.39 is 0 Å². The molecule has 0 bridgehead atoms. The monoisotopic (exact) mass is 381 g/mol. The summed E-state index contributed by atoms with van der Waals surface area (Å²) in [5.74, 6) is 2.15. The Kier molecular flexibility index (Phi) is 5.02. The number of imidazole rings is 1. The second-order valence-corrected chi connectivity index (χ2v) is 7.75. The minimum atomic E-state index is 0.101. The van der Waals surface area contributed by atoms with Crippen molar-refractivity contribution in [2.75, 3.05) is 13.1 Å². The molecule has 148 valence electrons. The zero-order chi connectivity index (χ0) is 19.7. The molecule has 1 aliphatic heterocycles. The van der Waals surface area contributed by atoms with E-state index in [9.17, 15) is 4.79 Å². The zero-order valence-corrected chi connectivity index (χ0v) is 16.7. The topological polar surface area (TPSA) is 73.8 Å². The fourth-order valence-electron chi connectivity index (χ4n) is 3.97. The van der Waals surface area contributed by atoms with Crippen LogP contribution >= 0.6 is 0 Å². The molecule has 1 saturated heterocycles. The predicted molar refractivity (Wildman–Crippen MR) is 105 cm³/mol. The molecule has 4 rings (SSSR count). The van der Waals surface area contributed by atoms with Crippen LogP contribution in [0.5, 0.6) is 0 Å². The summed E-state index contributed by atoms with van der Waals surface area (Å²) in [5.41, 5.74) is 0.759. The van der Waals surface area contributed by atoms with Crippen molar-refractivity contribution in [2.24, 2.45) is 7.05 Å². The van der Waals surface area contributed by atoms with Crippen molar-refractivity contribution >= 4 is 5.91 Å². The van der Waals surface area contributed by atoms with Gasteiger partial charge in [-0.25, -0.2) is 4.98 Å². The molecule has 3 aromatic rings. The van der Waals surface area contributed by atoms with Gasteiger partial charge in [-0.05, 0) is 38.8 Å². The molecule has 0 aromatic carbocycles. The van der Waals surface area contributed by atoms with E-state index in [4.69, 9.17) is 0 Å². The Morgan fingerprint density at radius 2 is 2.14 bits per heavy atom. The molecule has 0 radical (unpaired) electrons. The van der Waals surface area contributed by atoms with E-state index in [0.29, 0.717) is 13.1 Å². The Balaban J connectivity index is 1.50. The van der Waals surface area contributed by atoms with Gasteiger partial charge in [0.1, 0.15) is 11.5 Å². The van der Waals surface area contributed by atoms with Gasteiger partial charge in [0.15, 0.2) is 5.82 Å². The van der Waals surface area contributed by atoms with E-state index in [-0.39, 0.29) is 17.9 Å². The number of likely N-dealkylation sites (tertiary alicyclic amines) is 1. The first-order chi connectivity index (χ1) is 13.5. The van der Waals surface area contributed by atoms with Crippen LogP contribution in [0, 0.1) is 0 Å². The Morgan fingerprint density at radius 1 is 1.29 bits per heavy atom. The first kappa shape index (κ1) is 18.5. The molecule has 1 amide bonds. The third kappa shape index (κ3) is 3.46. The van der Waals surface area contributed by atoms with Crippen molar-refractivity contribution in [3.05, 3.63) is 54.4 Å². The summed E-state index contributed by atoms with van der Waals surface area (Å²) in [5, 5.41) is 8.84. The Bertz CT molecular complexity index is 938. The lowest BCUT2D eigenvalue weighted by atomic mass is 9.97. The summed E-state index contributed by atoms with van der Waals surface area (Å²) < 4.78 is 6.08. The van der Waals surface area contributed by atoms with Crippen LogP contribution in [0.25, 0.3) is 0 Å². The SMILES string of the molecule is CC(C)n1cccc1C(=O)N1CCC[C@H](c2nnc(Cn3ccnc3)n2C)C1. The van der Waals surface area contributed by atoms with Gasteiger partial charge in [-0.3, -0.25) is 4.79 Å². The highest BCUT2D eigenvalue weighted by molar-refractivity contribution is 5.93. The van der Waals surface area contributed by atoms with Gasteiger partial charge in [-0.15, -0.1) is 10.2 Å². The molecule has 0 spiro atoms. The van der Waals surface area contributed by atoms with Gasteiger partial charge in [0, 0.05) is 50.7 Å². The highest BCUT2D eigenvalue weighted by Crippen LogP contribution is 2.27. The number of carbonyl (C=O) groups excluding carboxylic acids is 1. The highest BCUT2D eigenvalue weighted by Gasteiger charge is 2.30. The van der Waals surface area contributed by atoms with Crippen LogP contribution in [0.1, 0.15) is 60.8 Å². The first-order valence-corrected chi connectivity index (χ1v) is 9.84. The lowest BCUT2D eigenvalue weighted by molar-refractivity contribution is 0.0691. The predicted octanol–water partition coefficient (Wildman–Crippen LogP) is 2.46. The number of hydrogen-bond donors (Lipinski definition) is 0. The minimum Gasteiger partial charge on any atom is -0.341 e. The van der Waals surface area contributed by atoms with Gasteiger partial charge in [0.2, 0.25) is 0 Å². The number of aromatic nitrogens is 6. The second-order valence-electron chi connectivity index (χ2n) is 7.75. The van der Waals surface area contributed by atoms with Crippen molar-refractivity contribution in [1.29, 1.82) is 0 Å². The molecular weight excluding hydrogens is 354 g/mol. The third-order valence-corrected chi connectivity index (χ3v) is 5.51. The van der Waals surface area contributed by atoms with E-state index in [0.717, 1.165) is 36.7 Å². The zero-order valence-electron chi connectivity index (χ0n) is 16.7. The number of hydrogen-bond acceptors (Lipinski definition) is 4. The molecule has 8 heteroatoms. The van der Waals surface area contributed by atoms with Crippen LogP contribution in [-0.2, 0) is 13.6 Å². The Labute approximate surface area is 164 Å². The van der Waals surface area contributed by atoms with Crippen molar-refractivity contribution in [3.63, 3.8) is 0 Å². The van der Waals surface area contributed by atoms with Crippen LogP contribution in [0.4, 0.5) is 0 Å². The van der Waals surface area contributed by atoms with Gasteiger partial charge >= 0.3 is 0 Å². The van der Waals surface area contributed by atoms with Crippen molar-refractivity contribution in [3.8, 4) is 0 Å². The van der Waals surface area contributed by atoms with Crippen LogP contribution in [0.2, 0.25) is 0 Å². The van der Waals surface area contributed by atoms with Gasteiger partial charge < -0.3 is 18.6 Å². The maximum absolute atomic E-state index is 13.1. The molecule has 1 aliphatic rings. The smallest absolute Gasteiger partial charge is 0.270 e. The summed E-state index contributed by atoms with van der Waals surface area (Å²) in [7, 11) is 2.01. The average Bonchev–Trinajstić information content (AvgIpc) is 3.44. The second kappa shape index (κ2) is 7.61. The van der Waals surface area contributed by atoms with Crippen LogP contribution in [-0.4, -0.2) is 52.8 Å². The maximum Gasteiger partial charge on any atom is 0.270 e. The summed E-state index contributed by atoms with van der Waals surface area (Å²) in [6.07, 6.45) is 9.42. The number of carbonyl (C=O) groups is 1. The standard InChI is InChI=1S/C20H27N7O/c1-15(2)27-10-5-7-17(27)20(28)26-9-4-6-16(12-26)19-23-22-18(24(19)3)13-25-11-8-21-14-25/h5,7-8,10-11,14-16H,4,6,9,12-13H2,1-3H3/t16-/m0/s1.